The van der Waals surface area contributed by atoms with Crippen molar-refractivity contribution in [1.29, 1.82) is 0 Å². The van der Waals surface area contributed by atoms with Gasteiger partial charge in [-0.1, -0.05) is 55.5 Å². The SMILES string of the molecule is CC1CCN(Cc2cccc(-c3ccccc3)c2)CC1. The van der Waals surface area contributed by atoms with Gasteiger partial charge in [0.1, 0.15) is 0 Å². The predicted octanol–water partition coefficient (Wildman–Crippen LogP) is 4.59. The highest BCUT2D eigenvalue weighted by Gasteiger charge is 2.15. The van der Waals surface area contributed by atoms with Gasteiger partial charge in [0.2, 0.25) is 0 Å². The van der Waals surface area contributed by atoms with Crippen LogP contribution in [0.15, 0.2) is 54.6 Å². The minimum absolute atomic E-state index is 0.905. The molecule has 0 spiro atoms. The molecule has 3 rings (SSSR count). The number of likely N-dealkylation sites (tertiary alicyclic amines) is 1. The fraction of sp³-hybridized carbons (Fsp3) is 0.368. The molecule has 104 valence electrons. The van der Waals surface area contributed by atoms with Crippen LogP contribution in [0.25, 0.3) is 11.1 Å². The van der Waals surface area contributed by atoms with Crippen LogP contribution in [-0.4, -0.2) is 18.0 Å². The summed E-state index contributed by atoms with van der Waals surface area (Å²) in [5.41, 5.74) is 4.07. The Kier molecular flexibility index (Phi) is 4.17. The molecule has 1 aliphatic heterocycles. The summed E-state index contributed by atoms with van der Waals surface area (Å²) in [6.07, 6.45) is 2.69. The van der Waals surface area contributed by atoms with Gasteiger partial charge in [0.25, 0.3) is 0 Å². The molecule has 1 fully saturated rings. The fourth-order valence-corrected chi connectivity index (χ4v) is 2.96. The summed E-state index contributed by atoms with van der Waals surface area (Å²) in [7, 11) is 0. The molecule has 1 heterocycles. The Morgan fingerprint density at radius 3 is 2.35 bits per heavy atom. The summed E-state index contributed by atoms with van der Waals surface area (Å²) >= 11 is 0. The van der Waals surface area contributed by atoms with Crippen molar-refractivity contribution in [2.45, 2.75) is 26.3 Å². The van der Waals surface area contributed by atoms with E-state index in [0.717, 1.165) is 12.5 Å². The smallest absolute Gasteiger partial charge is 0.0233 e. The Hall–Kier alpha value is -1.60. The van der Waals surface area contributed by atoms with E-state index in [0.29, 0.717) is 0 Å². The molecule has 1 nitrogen and oxygen atoms in total. The molecule has 20 heavy (non-hydrogen) atoms. The Morgan fingerprint density at radius 1 is 0.900 bits per heavy atom. The quantitative estimate of drug-likeness (QED) is 0.785. The number of piperidine rings is 1. The molecular weight excluding hydrogens is 242 g/mol. The van der Waals surface area contributed by atoms with Gasteiger partial charge in [-0.2, -0.15) is 0 Å². The highest BCUT2D eigenvalue weighted by atomic mass is 15.1. The van der Waals surface area contributed by atoms with Crippen LogP contribution in [0.3, 0.4) is 0 Å². The van der Waals surface area contributed by atoms with E-state index in [2.05, 4.69) is 66.4 Å². The monoisotopic (exact) mass is 265 g/mol. The van der Waals surface area contributed by atoms with Crippen molar-refractivity contribution in [3.05, 3.63) is 60.2 Å². The first kappa shape index (κ1) is 13.4. The van der Waals surface area contributed by atoms with E-state index in [1.54, 1.807) is 0 Å². The van der Waals surface area contributed by atoms with Crippen LogP contribution >= 0.6 is 0 Å². The van der Waals surface area contributed by atoms with Crippen molar-refractivity contribution >= 4 is 0 Å². The number of rotatable bonds is 3. The average molecular weight is 265 g/mol. The van der Waals surface area contributed by atoms with E-state index in [4.69, 9.17) is 0 Å². The number of nitrogens with zero attached hydrogens (tertiary/aromatic N) is 1. The van der Waals surface area contributed by atoms with Crippen LogP contribution in [-0.2, 0) is 6.54 Å². The Bertz CT molecular complexity index is 539. The van der Waals surface area contributed by atoms with E-state index in [1.165, 1.54) is 42.6 Å². The average Bonchev–Trinajstić information content (AvgIpc) is 2.51. The van der Waals surface area contributed by atoms with Gasteiger partial charge in [0.05, 0.1) is 0 Å². The largest absolute Gasteiger partial charge is 0.299 e. The molecule has 0 radical (unpaired) electrons. The zero-order valence-corrected chi connectivity index (χ0v) is 12.3. The third-order valence-electron chi connectivity index (χ3n) is 4.32. The van der Waals surface area contributed by atoms with Gasteiger partial charge in [-0.3, -0.25) is 4.90 Å². The van der Waals surface area contributed by atoms with Crippen molar-refractivity contribution < 1.29 is 0 Å². The summed E-state index contributed by atoms with van der Waals surface area (Å²) in [6.45, 7) is 5.95. The second-order valence-electron chi connectivity index (χ2n) is 6.03. The van der Waals surface area contributed by atoms with Crippen molar-refractivity contribution in [2.75, 3.05) is 13.1 Å². The van der Waals surface area contributed by atoms with Crippen molar-refractivity contribution in [2.24, 2.45) is 5.92 Å². The highest BCUT2D eigenvalue weighted by Crippen LogP contribution is 2.22. The predicted molar refractivity (Wildman–Crippen MR) is 85.6 cm³/mol. The van der Waals surface area contributed by atoms with Gasteiger partial charge in [0, 0.05) is 6.54 Å². The summed E-state index contributed by atoms with van der Waals surface area (Å²) in [5.74, 6) is 0.905. The molecule has 1 aliphatic rings. The zero-order chi connectivity index (χ0) is 13.8. The maximum atomic E-state index is 2.59. The van der Waals surface area contributed by atoms with Crippen molar-refractivity contribution in [3.63, 3.8) is 0 Å². The molecule has 0 amide bonds. The Labute approximate surface area is 122 Å². The summed E-state index contributed by atoms with van der Waals surface area (Å²) in [5, 5.41) is 0. The standard InChI is InChI=1S/C19H23N/c1-16-10-12-20(13-11-16)15-17-6-5-9-19(14-17)18-7-3-2-4-8-18/h2-9,14,16H,10-13,15H2,1H3. The normalized spacial score (nSPS) is 17.2. The lowest BCUT2D eigenvalue weighted by atomic mass is 9.98. The maximum absolute atomic E-state index is 2.59. The number of benzene rings is 2. The first-order valence-corrected chi connectivity index (χ1v) is 7.68. The van der Waals surface area contributed by atoms with Crippen LogP contribution in [0.1, 0.15) is 25.3 Å². The topological polar surface area (TPSA) is 3.24 Å². The van der Waals surface area contributed by atoms with Gasteiger partial charge >= 0.3 is 0 Å². The fourth-order valence-electron chi connectivity index (χ4n) is 2.96. The van der Waals surface area contributed by atoms with Crippen molar-refractivity contribution in [1.82, 2.24) is 4.90 Å². The lowest BCUT2D eigenvalue weighted by molar-refractivity contribution is 0.185. The minimum atomic E-state index is 0.905. The second kappa shape index (κ2) is 6.23. The zero-order valence-electron chi connectivity index (χ0n) is 12.3. The molecule has 1 saturated heterocycles. The first-order valence-electron chi connectivity index (χ1n) is 7.68. The van der Waals surface area contributed by atoms with Gasteiger partial charge < -0.3 is 0 Å². The molecule has 0 bridgehead atoms. The van der Waals surface area contributed by atoms with Crippen LogP contribution in [0, 0.1) is 5.92 Å². The van der Waals surface area contributed by atoms with Gasteiger partial charge in [-0.15, -0.1) is 0 Å². The Balaban J connectivity index is 1.72. The molecular formula is C19H23N. The molecule has 0 atom stereocenters. The molecule has 2 aromatic rings. The van der Waals surface area contributed by atoms with E-state index in [-0.39, 0.29) is 0 Å². The van der Waals surface area contributed by atoms with E-state index >= 15 is 0 Å². The third kappa shape index (κ3) is 3.29. The summed E-state index contributed by atoms with van der Waals surface area (Å²) in [4.78, 5) is 2.59. The van der Waals surface area contributed by atoms with E-state index < -0.39 is 0 Å². The molecule has 2 aromatic carbocycles. The first-order chi connectivity index (χ1) is 9.81. The van der Waals surface area contributed by atoms with E-state index in [9.17, 15) is 0 Å². The van der Waals surface area contributed by atoms with Gasteiger partial charge in [0.15, 0.2) is 0 Å². The third-order valence-corrected chi connectivity index (χ3v) is 4.32. The Morgan fingerprint density at radius 2 is 1.60 bits per heavy atom. The van der Waals surface area contributed by atoms with Crippen molar-refractivity contribution in [3.8, 4) is 11.1 Å². The molecule has 1 heteroatoms. The molecule has 0 saturated carbocycles. The van der Waals surface area contributed by atoms with Crippen LogP contribution < -0.4 is 0 Å². The highest BCUT2D eigenvalue weighted by molar-refractivity contribution is 5.63. The summed E-state index contributed by atoms with van der Waals surface area (Å²) in [6, 6.07) is 19.6. The lowest BCUT2D eigenvalue weighted by Gasteiger charge is -2.30. The van der Waals surface area contributed by atoms with Crippen LogP contribution in [0.5, 0.6) is 0 Å². The number of hydrogen-bond acceptors (Lipinski definition) is 1. The molecule has 0 aliphatic carbocycles. The molecule has 0 N–H and O–H groups in total. The second-order valence-corrected chi connectivity index (χ2v) is 6.03. The van der Waals surface area contributed by atoms with Crippen LogP contribution in [0.4, 0.5) is 0 Å². The van der Waals surface area contributed by atoms with E-state index in [1.807, 2.05) is 0 Å². The lowest BCUT2D eigenvalue weighted by Crippen LogP contribution is -2.32. The minimum Gasteiger partial charge on any atom is -0.299 e. The van der Waals surface area contributed by atoms with Crippen LogP contribution in [0.2, 0.25) is 0 Å². The summed E-state index contributed by atoms with van der Waals surface area (Å²) < 4.78 is 0. The van der Waals surface area contributed by atoms with Gasteiger partial charge in [-0.05, 0) is 54.6 Å². The molecule has 0 unspecified atom stereocenters. The molecule has 0 aromatic heterocycles. The maximum Gasteiger partial charge on any atom is 0.0233 e. The number of hydrogen-bond donors (Lipinski definition) is 0. The van der Waals surface area contributed by atoms with Gasteiger partial charge in [-0.25, -0.2) is 0 Å².